The van der Waals surface area contributed by atoms with Gasteiger partial charge in [-0.05, 0) is 24.3 Å². The molecular weight excluding hydrogens is 340 g/mol. The molecule has 0 spiro atoms. The van der Waals surface area contributed by atoms with E-state index in [0.29, 0.717) is 6.42 Å². The van der Waals surface area contributed by atoms with Gasteiger partial charge in [0.05, 0.1) is 11.4 Å². The molecule has 0 radical (unpaired) electrons. The van der Waals surface area contributed by atoms with Crippen molar-refractivity contribution in [3.05, 3.63) is 58.6 Å². The van der Waals surface area contributed by atoms with Crippen LogP contribution in [-0.4, -0.2) is 25.1 Å². The lowest BCUT2D eigenvalue weighted by Crippen LogP contribution is -2.27. The average Bonchev–Trinajstić information content (AvgIpc) is 2.75. The van der Waals surface area contributed by atoms with E-state index >= 15 is 0 Å². The van der Waals surface area contributed by atoms with E-state index in [4.69, 9.17) is 0 Å². The fraction of sp³-hybridized carbons (Fsp3) is 0.222. The van der Waals surface area contributed by atoms with Crippen molar-refractivity contribution in [3.63, 3.8) is 0 Å². The van der Waals surface area contributed by atoms with Gasteiger partial charge in [0, 0.05) is 42.2 Å². The summed E-state index contributed by atoms with van der Waals surface area (Å²) in [5.41, 5.74) is 2.86. The summed E-state index contributed by atoms with van der Waals surface area (Å²) in [5, 5.41) is 0. The zero-order valence-corrected chi connectivity index (χ0v) is 13.8. The standard InChI is InChI=1S/C18H17BrN2O/c19-15-8-6-14(7-9-15)18(22)10-13-21-12-3-11-20-16-4-1-2-5-17(16)21/h1-2,4-9,11H,3,10,12-13H2. The third-order valence-electron chi connectivity index (χ3n) is 3.76. The Bertz CT molecular complexity index is 694. The largest absolute Gasteiger partial charge is 0.369 e. The maximum atomic E-state index is 12.3. The van der Waals surface area contributed by atoms with E-state index in [1.165, 1.54) is 0 Å². The van der Waals surface area contributed by atoms with Crippen LogP contribution < -0.4 is 4.90 Å². The van der Waals surface area contributed by atoms with Crippen LogP contribution in [0.5, 0.6) is 0 Å². The zero-order valence-electron chi connectivity index (χ0n) is 12.2. The molecule has 1 aliphatic heterocycles. The number of fused-ring (bicyclic) bond motifs is 1. The first kappa shape index (κ1) is 15.0. The van der Waals surface area contributed by atoms with Gasteiger partial charge in [-0.25, -0.2) is 0 Å². The van der Waals surface area contributed by atoms with Crippen molar-refractivity contribution in [2.75, 3.05) is 18.0 Å². The minimum atomic E-state index is 0.176. The number of Topliss-reactive ketones (excluding diaryl/α,β-unsaturated/α-hetero) is 1. The molecule has 3 rings (SSSR count). The van der Waals surface area contributed by atoms with Gasteiger partial charge in [-0.2, -0.15) is 0 Å². The smallest absolute Gasteiger partial charge is 0.164 e. The topological polar surface area (TPSA) is 32.7 Å². The lowest BCUT2D eigenvalue weighted by atomic mass is 10.1. The molecule has 0 aliphatic carbocycles. The lowest BCUT2D eigenvalue weighted by molar-refractivity contribution is 0.0984. The summed E-state index contributed by atoms with van der Waals surface area (Å²) in [7, 11) is 0. The van der Waals surface area contributed by atoms with Gasteiger partial charge in [0.15, 0.2) is 5.78 Å². The molecule has 3 nitrogen and oxygen atoms in total. The highest BCUT2D eigenvalue weighted by Gasteiger charge is 2.14. The van der Waals surface area contributed by atoms with Gasteiger partial charge in [-0.15, -0.1) is 0 Å². The Morgan fingerprint density at radius 1 is 1.14 bits per heavy atom. The highest BCUT2D eigenvalue weighted by Crippen LogP contribution is 2.30. The van der Waals surface area contributed by atoms with Crippen LogP contribution in [0.15, 0.2) is 58.0 Å². The SMILES string of the molecule is O=C(CCN1CCC=Nc2ccccc21)c1ccc(Br)cc1. The lowest BCUT2D eigenvalue weighted by Gasteiger charge is -2.23. The fourth-order valence-electron chi connectivity index (χ4n) is 2.59. The molecule has 0 saturated heterocycles. The number of para-hydroxylation sites is 2. The average molecular weight is 357 g/mol. The second-order valence-corrected chi connectivity index (χ2v) is 6.17. The van der Waals surface area contributed by atoms with Crippen molar-refractivity contribution in [2.24, 2.45) is 4.99 Å². The number of carbonyl (C=O) groups is 1. The first-order valence-corrected chi connectivity index (χ1v) is 8.18. The summed E-state index contributed by atoms with van der Waals surface area (Å²) in [4.78, 5) is 19.0. The van der Waals surface area contributed by atoms with E-state index in [0.717, 1.165) is 40.9 Å². The first-order valence-electron chi connectivity index (χ1n) is 7.39. The molecule has 22 heavy (non-hydrogen) atoms. The fourth-order valence-corrected chi connectivity index (χ4v) is 2.85. The maximum Gasteiger partial charge on any atom is 0.164 e. The van der Waals surface area contributed by atoms with Crippen LogP contribution >= 0.6 is 15.9 Å². The zero-order chi connectivity index (χ0) is 15.4. The molecule has 0 atom stereocenters. The highest BCUT2D eigenvalue weighted by atomic mass is 79.9. The predicted octanol–water partition coefficient (Wildman–Crippen LogP) is 4.63. The van der Waals surface area contributed by atoms with Gasteiger partial charge in [0.25, 0.3) is 0 Å². The van der Waals surface area contributed by atoms with Crippen LogP contribution in [0.25, 0.3) is 0 Å². The molecule has 0 aromatic heterocycles. The second-order valence-electron chi connectivity index (χ2n) is 5.26. The van der Waals surface area contributed by atoms with Crippen LogP contribution in [0.1, 0.15) is 23.2 Å². The van der Waals surface area contributed by atoms with E-state index in [2.05, 4.69) is 31.9 Å². The summed E-state index contributed by atoms with van der Waals surface area (Å²) < 4.78 is 0.989. The maximum absolute atomic E-state index is 12.3. The van der Waals surface area contributed by atoms with Gasteiger partial charge in [-0.1, -0.05) is 40.2 Å². The molecule has 1 heterocycles. The second kappa shape index (κ2) is 6.88. The monoisotopic (exact) mass is 356 g/mol. The quantitative estimate of drug-likeness (QED) is 0.747. The minimum absolute atomic E-state index is 0.176. The molecule has 0 saturated carbocycles. The van der Waals surface area contributed by atoms with Crippen LogP contribution in [-0.2, 0) is 0 Å². The third-order valence-corrected chi connectivity index (χ3v) is 4.28. The number of hydrogen-bond acceptors (Lipinski definition) is 3. The molecule has 0 N–H and O–H groups in total. The Labute approximate surface area is 138 Å². The molecule has 2 aromatic carbocycles. The molecule has 0 amide bonds. The van der Waals surface area contributed by atoms with E-state index in [1.807, 2.05) is 48.7 Å². The molecule has 0 unspecified atom stereocenters. The number of rotatable bonds is 4. The number of aliphatic imine (C=N–C) groups is 1. The molecule has 0 fully saturated rings. The van der Waals surface area contributed by atoms with Crippen LogP contribution in [0.2, 0.25) is 0 Å². The Morgan fingerprint density at radius 2 is 1.91 bits per heavy atom. The Morgan fingerprint density at radius 3 is 2.73 bits per heavy atom. The van der Waals surface area contributed by atoms with Crippen molar-refractivity contribution in [1.82, 2.24) is 0 Å². The van der Waals surface area contributed by atoms with Crippen molar-refractivity contribution in [1.29, 1.82) is 0 Å². The van der Waals surface area contributed by atoms with Crippen molar-refractivity contribution in [2.45, 2.75) is 12.8 Å². The normalized spacial score (nSPS) is 13.6. The summed E-state index contributed by atoms with van der Waals surface area (Å²) >= 11 is 3.39. The molecule has 0 bridgehead atoms. The molecule has 112 valence electrons. The van der Waals surface area contributed by atoms with E-state index in [-0.39, 0.29) is 5.78 Å². The van der Waals surface area contributed by atoms with E-state index < -0.39 is 0 Å². The van der Waals surface area contributed by atoms with Crippen molar-refractivity contribution in [3.8, 4) is 0 Å². The summed E-state index contributed by atoms with van der Waals surface area (Å²) in [6.45, 7) is 1.61. The first-order chi connectivity index (χ1) is 10.7. The Kier molecular flexibility index (Phi) is 4.68. The molecular formula is C18H17BrN2O. The number of halogens is 1. The summed E-state index contributed by atoms with van der Waals surface area (Å²) in [6, 6.07) is 15.6. The van der Waals surface area contributed by atoms with Gasteiger partial charge < -0.3 is 4.90 Å². The number of ketones is 1. The molecule has 4 heteroatoms. The number of anilines is 1. The van der Waals surface area contributed by atoms with Gasteiger partial charge >= 0.3 is 0 Å². The van der Waals surface area contributed by atoms with Gasteiger partial charge in [-0.3, -0.25) is 9.79 Å². The third kappa shape index (κ3) is 3.45. The van der Waals surface area contributed by atoms with Crippen LogP contribution in [0.3, 0.4) is 0 Å². The van der Waals surface area contributed by atoms with Gasteiger partial charge in [0.1, 0.15) is 0 Å². The molecule has 1 aliphatic rings. The van der Waals surface area contributed by atoms with Crippen molar-refractivity contribution >= 4 is 39.3 Å². The Hall–Kier alpha value is -1.94. The number of nitrogens with zero attached hydrogens (tertiary/aromatic N) is 2. The number of hydrogen-bond donors (Lipinski definition) is 0. The van der Waals surface area contributed by atoms with E-state index in [9.17, 15) is 4.79 Å². The minimum Gasteiger partial charge on any atom is -0.369 e. The highest BCUT2D eigenvalue weighted by molar-refractivity contribution is 9.10. The summed E-state index contributed by atoms with van der Waals surface area (Å²) in [6.07, 6.45) is 3.37. The van der Waals surface area contributed by atoms with Gasteiger partial charge in [0.2, 0.25) is 0 Å². The van der Waals surface area contributed by atoms with Crippen LogP contribution in [0.4, 0.5) is 11.4 Å². The summed E-state index contributed by atoms with van der Waals surface area (Å²) in [5.74, 6) is 0.176. The van der Waals surface area contributed by atoms with Crippen LogP contribution in [0, 0.1) is 0 Å². The molecule has 2 aromatic rings. The number of benzene rings is 2. The Balaban J connectivity index is 1.69. The number of carbonyl (C=O) groups excluding carboxylic acids is 1. The van der Waals surface area contributed by atoms with E-state index in [1.54, 1.807) is 0 Å². The van der Waals surface area contributed by atoms with Crippen molar-refractivity contribution < 1.29 is 4.79 Å². The predicted molar refractivity (Wildman–Crippen MR) is 94.5 cm³/mol.